The lowest BCUT2D eigenvalue weighted by Gasteiger charge is -2.06. The summed E-state index contributed by atoms with van der Waals surface area (Å²) in [5.41, 5.74) is 9.44. The molecule has 0 spiro atoms. The number of nitrogens with two attached hydrogens (primary N) is 1. The van der Waals surface area contributed by atoms with Gasteiger partial charge in [0, 0.05) is 12.7 Å². The van der Waals surface area contributed by atoms with E-state index in [2.05, 4.69) is 10.4 Å². The van der Waals surface area contributed by atoms with Crippen LogP contribution in [0.4, 0.5) is 11.4 Å². The van der Waals surface area contributed by atoms with Crippen LogP contribution < -0.4 is 11.1 Å². The number of aryl methyl sites for hydroxylation is 3. The predicted octanol–water partition coefficient (Wildman–Crippen LogP) is 2.13. The number of benzene rings is 1. The molecule has 0 bridgehead atoms. The number of aromatic nitrogens is 2. The summed E-state index contributed by atoms with van der Waals surface area (Å²) < 4.78 is 1.53. The van der Waals surface area contributed by atoms with Crippen LogP contribution in [0.5, 0.6) is 0 Å². The second-order valence-electron chi connectivity index (χ2n) is 4.51. The van der Waals surface area contributed by atoms with Gasteiger partial charge in [0.2, 0.25) is 0 Å². The molecule has 0 fully saturated rings. The minimum Gasteiger partial charge on any atom is -0.395 e. The Hall–Kier alpha value is -2.30. The molecule has 2 rings (SSSR count). The highest BCUT2D eigenvalue weighted by Gasteiger charge is 2.18. The molecule has 0 aliphatic rings. The van der Waals surface area contributed by atoms with E-state index in [1.165, 1.54) is 4.68 Å². The van der Waals surface area contributed by atoms with E-state index < -0.39 is 0 Å². The molecule has 2 aromatic rings. The molecule has 1 heterocycles. The first-order chi connectivity index (χ1) is 9.02. The number of hydrogen-bond acceptors (Lipinski definition) is 3. The van der Waals surface area contributed by atoms with Crippen molar-refractivity contribution < 1.29 is 4.79 Å². The Kier molecular flexibility index (Phi) is 3.55. The Bertz CT molecular complexity index is 599. The van der Waals surface area contributed by atoms with Gasteiger partial charge < -0.3 is 11.1 Å². The van der Waals surface area contributed by atoms with E-state index in [4.69, 9.17) is 5.73 Å². The zero-order valence-corrected chi connectivity index (χ0v) is 11.4. The summed E-state index contributed by atoms with van der Waals surface area (Å²) in [7, 11) is 1.72. The van der Waals surface area contributed by atoms with Crippen molar-refractivity contribution in [2.75, 3.05) is 11.1 Å². The molecule has 0 aliphatic carbocycles. The minimum atomic E-state index is -0.240. The van der Waals surface area contributed by atoms with E-state index in [0.29, 0.717) is 17.8 Å². The fourth-order valence-electron chi connectivity index (χ4n) is 1.95. The number of hydrogen-bond donors (Lipinski definition) is 2. The molecule has 0 unspecified atom stereocenters. The third-order valence-corrected chi connectivity index (χ3v) is 3.02. The molecule has 0 saturated carbocycles. The summed E-state index contributed by atoms with van der Waals surface area (Å²) in [6, 6.07) is 7.61. The van der Waals surface area contributed by atoms with Gasteiger partial charge in [-0.05, 0) is 25.5 Å². The number of nitrogen functional groups attached to an aromatic ring is 1. The van der Waals surface area contributed by atoms with Crippen molar-refractivity contribution in [3.05, 3.63) is 41.2 Å². The Morgan fingerprint density at radius 1 is 1.37 bits per heavy atom. The average Bonchev–Trinajstić information content (AvgIpc) is 2.67. The van der Waals surface area contributed by atoms with Crippen LogP contribution in [0.3, 0.4) is 0 Å². The van der Waals surface area contributed by atoms with Crippen molar-refractivity contribution in [2.45, 2.75) is 20.3 Å². The molecular formula is C14H18N4O. The summed E-state index contributed by atoms with van der Waals surface area (Å²) in [5, 5.41) is 7.06. The number of rotatable bonds is 3. The van der Waals surface area contributed by atoms with Crippen molar-refractivity contribution >= 4 is 17.3 Å². The molecule has 5 nitrogen and oxygen atoms in total. The van der Waals surface area contributed by atoms with Gasteiger partial charge in [-0.1, -0.05) is 24.6 Å². The molecule has 0 radical (unpaired) electrons. The highest BCUT2D eigenvalue weighted by atomic mass is 16.2. The Morgan fingerprint density at radius 2 is 2.00 bits per heavy atom. The second kappa shape index (κ2) is 5.14. The summed E-state index contributed by atoms with van der Waals surface area (Å²) in [5.74, 6) is -0.240. The van der Waals surface area contributed by atoms with Crippen molar-refractivity contribution in [1.29, 1.82) is 0 Å². The lowest BCUT2D eigenvalue weighted by atomic mass is 10.2. The Balaban J connectivity index is 2.25. The van der Waals surface area contributed by atoms with Gasteiger partial charge in [0.1, 0.15) is 5.69 Å². The average molecular weight is 258 g/mol. The van der Waals surface area contributed by atoms with Gasteiger partial charge in [0.05, 0.1) is 11.4 Å². The summed E-state index contributed by atoms with van der Waals surface area (Å²) in [6.07, 6.45) is 0.706. The highest BCUT2D eigenvalue weighted by Crippen LogP contribution is 2.18. The highest BCUT2D eigenvalue weighted by molar-refractivity contribution is 6.06. The molecule has 1 aromatic carbocycles. The molecular weight excluding hydrogens is 240 g/mol. The standard InChI is InChI=1S/C14H18N4O/c1-4-11-12(15)13(18(3)17-11)14(19)16-10-7-5-9(2)6-8-10/h5-8H,4,15H2,1-3H3,(H,16,19). The predicted molar refractivity (Wildman–Crippen MR) is 76.1 cm³/mol. The van der Waals surface area contributed by atoms with Crippen LogP contribution in [0.15, 0.2) is 24.3 Å². The number of carbonyl (C=O) groups excluding carboxylic acids is 1. The van der Waals surface area contributed by atoms with E-state index >= 15 is 0 Å². The van der Waals surface area contributed by atoms with E-state index in [-0.39, 0.29) is 5.91 Å². The summed E-state index contributed by atoms with van der Waals surface area (Å²) in [6.45, 7) is 3.96. The van der Waals surface area contributed by atoms with Crippen LogP contribution in [-0.4, -0.2) is 15.7 Å². The Morgan fingerprint density at radius 3 is 2.53 bits per heavy atom. The van der Waals surface area contributed by atoms with E-state index in [1.54, 1.807) is 7.05 Å². The van der Waals surface area contributed by atoms with Crippen LogP contribution in [0.1, 0.15) is 28.7 Å². The van der Waals surface area contributed by atoms with Crippen LogP contribution in [0.2, 0.25) is 0 Å². The van der Waals surface area contributed by atoms with Crippen molar-refractivity contribution in [2.24, 2.45) is 7.05 Å². The topological polar surface area (TPSA) is 72.9 Å². The maximum absolute atomic E-state index is 12.2. The van der Waals surface area contributed by atoms with Gasteiger partial charge >= 0.3 is 0 Å². The molecule has 3 N–H and O–H groups in total. The van der Waals surface area contributed by atoms with E-state index in [1.807, 2.05) is 38.1 Å². The first-order valence-electron chi connectivity index (χ1n) is 6.22. The fraction of sp³-hybridized carbons (Fsp3) is 0.286. The Labute approximate surface area is 112 Å². The molecule has 100 valence electrons. The third-order valence-electron chi connectivity index (χ3n) is 3.02. The smallest absolute Gasteiger partial charge is 0.276 e. The monoisotopic (exact) mass is 258 g/mol. The SMILES string of the molecule is CCc1nn(C)c(C(=O)Nc2ccc(C)cc2)c1N. The molecule has 1 amide bonds. The van der Waals surface area contributed by atoms with Crippen LogP contribution in [-0.2, 0) is 13.5 Å². The summed E-state index contributed by atoms with van der Waals surface area (Å²) >= 11 is 0. The number of carbonyl (C=O) groups is 1. The number of anilines is 2. The fourth-order valence-corrected chi connectivity index (χ4v) is 1.95. The van der Waals surface area contributed by atoms with Gasteiger partial charge in [-0.15, -0.1) is 0 Å². The third kappa shape index (κ3) is 2.59. The number of nitrogens with zero attached hydrogens (tertiary/aromatic N) is 2. The number of amides is 1. The van der Waals surface area contributed by atoms with Gasteiger partial charge in [-0.3, -0.25) is 9.48 Å². The van der Waals surface area contributed by atoms with Crippen LogP contribution in [0.25, 0.3) is 0 Å². The quantitative estimate of drug-likeness (QED) is 0.885. The lowest BCUT2D eigenvalue weighted by Crippen LogP contribution is -2.17. The zero-order chi connectivity index (χ0) is 14.0. The first-order valence-corrected chi connectivity index (χ1v) is 6.22. The largest absolute Gasteiger partial charge is 0.395 e. The molecule has 1 aromatic heterocycles. The van der Waals surface area contributed by atoms with Gasteiger partial charge in [0.15, 0.2) is 0 Å². The van der Waals surface area contributed by atoms with Gasteiger partial charge in [-0.2, -0.15) is 5.10 Å². The zero-order valence-electron chi connectivity index (χ0n) is 11.4. The molecule has 0 atom stereocenters. The molecule has 0 aliphatic heterocycles. The van der Waals surface area contributed by atoms with Crippen LogP contribution in [0, 0.1) is 6.92 Å². The molecule has 19 heavy (non-hydrogen) atoms. The van der Waals surface area contributed by atoms with Crippen molar-refractivity contribution in [1.82, 2.24) is 9.78 Å². The number of nitrogens with one attached hydrogen (secondary N) is 1. The van der Waals surface area contributed by atoms with Gasteiger partial charge in [-0.25, -0.2) is 0 Å². The van der Waals surface area contributed by atoms with Crippen LogP contribution >= 0.6 is 0 Å². The minimum absolute atomic E-state index is 0.240. The molecule has 5 heteroatoms. The van der Waals surface area contributed by atoms with E-state index in [9.17, 15) is 4.79 Å². The van der Waals surface area contributed by atoms with Gasteiger partial charge in [0.25, 0.3) is 5.91 Å². The van der Waals surface area contributed by atoms with Crippen molar-refractivity contribution in [3.8, 4) is 0 Å². The maximum atomic E-state index is 12.2. The van der Waals surface area contributed by atoms with Crippen molar-refractivity contribution in [3.63, 3.8) is 0 Å². The van der Waals surface area contributed by atoms with E-state index in [0.717, 1.165) is 16.9 Å². The summed E-state index contributed by atoms with van der Waals surface area (Å²) in [4.78, 5) is 12.2. The lowest BCUT2D eigenvalue weighted by molar-refractivity contribution is 0.101. The second-order valence-corrected chi connectivity index (χ2v) is 4.51. The maximum Gasteiger partial charge on any atom is 0.276 e. The first kappa shape index (κ1) is 13.1. The normalized spacial score (nSPS) is 10.5. The molecule has 0 saturated heterocycles.